The van der Waals surface area contributed by atoms with Crippen molar-refractivity contribution in [1.29, 1.82) is 0 Å². The quantitative estimate of drug-likeness (QED) is 0.434. The third-order valence-electron chi connectivity index (χ3n) is 7.05. The molecule has 0 bridgehead atoms. The number of halogens is 4. The largest absolute Gasteiger partial charge is 0.464 e. The molecule has 0 unspecified atom stereocenters. The number of carbonyl (C=O) groups is 1. The number of hydrogen-bond acceptors (Lipinski definition) is 6. The van der Waals surface area contributed by atoms with Crippen LogP contribution in [0, 0.1) is 11.9 Å². The molecule has 11 heteroatoms. The van der Waals surface area contributed by atoms with Crippen molar-refractivity contribution >= 4 is 17.1 Å². The van der Waals surface area contributed by atoms with Gasteiger partial charge in [0.15, 0.2) is 6.61 Å². The van der Waals surface area contributed by atoms with E-state index in [1.54, 1.807) is 7.05 Å². The maximum absolute atomic E-state index is 15.5. The SMILES string of the molecule is Cn1cc(CC(=O)CC2CCC(F)(CCN3CCc4nc(OCC(F)F)sc4CC3)CC2)c(F)n1. The second-order valence-electron chi connectivity index (χ2n) is 9.78. The second kappa shape index (κ2) is 11.4. The van der Waals surface area contributed by atoms with E-state index in [0.29, 0.717) is 62.2 Å². The molecule has 0 saturated heterocycles. The first-order valence-electron chi connectivity index (χ1n) is 12.2. The number of alkyl halides is 3. The van der Waals surface area contributed by atoms with Gasteiger partial charge in [-0.15, -0.1) is 5.10 Å². The molecule has 2 aromatic rings. The Hall–Kier alpha value is -2.01. The van der Waals surface area contributed by atoms with Crippen molar-refractivity contribution in [3.8, 4) is 5.19 Å². The summed E-state index contributed by atoms with van der Waals surface area (Å²) >= 11 is 1.32. The van der Waals surface area contributed by atoms with E-state index in [2.05, 4.69) is 15.0 Å². The van der Waals surface area contributed by atoms with Crippen LogP contribution in [0.4, 0.5) is 17.6 Å². The Morgan fingerprint density at radius 2 is 2.03 bits per heavy atom. The second-order valence-corrected chi connectivity index (χ2v) is 10.8. The first-order chi connectivity index (χ1) is 16.7. The summed E-state index contributed by atoms with van der Waals surface area (Å²) in [4.78, 5) is 20.0. The Morgan fingerprint density at radius 3 is 2.71 bits per heavy atom. The summed E-state index contributed by atoms with van der Waals surface area (Å²) in [5, 5.41) is 3.93. The minimum absolute atomic E-state index is 0.0262. The highest BCUT2D eigenvalue weighted by Crippen LogP contribution is 2.39. The fourth-order valence-electron chi connectivity index (χ4n) is 5.05. The van der Waals surface area contributed by atoms with Crippen molar-refractivity contribution in [1.82, 2.24) is 19.7 Å². The number of ether oxygens (including phenoxy) is 1. The van der Waals surface area contributed by atoms with Gasteiger partial charge in [-0.05, 0) is 44.4 Å². The lowest BCUT2D eigenvalue weighted by molar-refractivity contribution is -0.119. The smallest absolute Gasteiger partial charge is 0.273 e. The Kier molecular flexibility index (Phi) is 8.46. The average molecular weight is 517 g/mol. The van der Waals surface area contributed by atoms with Gasteiger partial charge < -0.3 is 9.64 Å². The highest BCUT2D eigenvalue weighted by Gasteiger charge is 2.36. The van der Waals surface area contributed by atoms with E-state index < -0.39 is 24.6 Å². The van der Waals surface area contributed by atoms with Gasteiger partial charge in [0, 0.05) is 62.6 Å². The summed E-state index contributed by atoms with van der Waals surface area (Å²) in [5.41, 5.74) is -0.0131. The number of nitrogens with zero attached hydrogens (tertiary/aromatic N) is 4. The molecular weight excluding hydrogens is 484 g/mol. The van der Waals surface area contributed by atoms with Crippen molar-refractivity contribution in [3.05, 3.63) is 28.3 Å². The zero-order chi connectivity index (χ0) is 25.0. The molecule has 0 spiro atoms. The molecule has 3 heterocycles. The zero-order valence-corrected chi connectivity index (χ0v) is 20.8. The molecule has 6 nitrogen and oxygen atoms in total. The van der Waals surface area contributed by atoms with E-state index in [0.717, 1.165) is 30.1 Å². The molecule has 1 aliphatic heterocycles. The molecule has 35 heavy (non-hydrogen) atoms. The maximum atomic E-state index is 15.5. The maximum Gasteiger partial charge on any atom is 0.273 e. The van der Waals surface area contributed by atoms with E-state index in [-0.39, 0.29) is 18.1 Å². The zero-order valence-electron chi connectivity index (χ0n) is 19.9. The third-order valence-corrected chi connectivity index (χ3v) is 8.12. The van der Waals surface area contributed by atoms with Gasteiger partial charge in [0.25, 0.3) is 11.6 Å². The topological polar surface area (TPSA) is 60.2 Å². The van der Waals surface area contributed by atoms with Crippen LogP contribution in [-0.4, -0.2) is 63.8 Å². The lowest BCUT2D eigenvalue weighted by Crippen LogP contribution is -2.36. The normalized spacial score (nSPS) is 23.3. The van der Waals surface area contributed by atoms with E-state index in [4.69, 9.17) is 4.74 Å². The predicted molar refractivity (Wildman–Crippen MR) is 124 cm³/mol. The molecule has 2 aromatic heterocycles. The standard InChI is InChI=1S/C24H32F4N4O2S/c1-31-14-17(22(27)30-31)13-18(33)12-16-2-6-24(28,7-3-16)8-11-32-9-4-19-20(5-10-32)35-23(29-19)34-15-21(25)26/h14,16,21H,2-13,15H2,1H3. The van der Waals surface area contributed by atoms with E-state index in [9.17, 15) is 18.0 Å². The van der Waals surface area contributed by atoms with Gasteiger partial charge in [-0.25, -0.2) is 18.2 Å². The Balaban J connectivity index is 1.17. The number of thiazole rings is 1. The summed E-state index contributed by atoms with van der Waals surface area (Å²) in [6.45, 7) is 1.55. The summed E-state index contributed by atoms with van der Waals surface area (Å²) in [7, 11) is 1.62. The van der Waals surface area contributed by atoms with Gasteiger partial charge >= 0.3 is 0 Å². The number of Topliss-reactive ketones (excluding diaryl/α,β-unsaturated/α-hetero) is 1. The highest BCUT2D eigenvalue weighted by atomic mass is 32.1. The summed E-state index contributed by atoms with van der Waals surface area (Å²) in [5.74, 6) is -0.485. The van der Waals surface area contributed by atoms with E-state index in [1.807, 2.05) is 0 Å². The lowest BCUT2D eigenvalue weighted by atomic mass is 9.76. The van der Waals surface area contributed by atoms with Crippen LogP contribution < -0.4 is 4.74 Å². The third kappa shape index (κ3) is 7.25. The predicted octanol–water partition coefficient (Wildman–Crippen LogP) is 4.55. The monoisotopic (exact) mass is 516 g/mol. The molecule has 1 aliphatic carbocycles. The Bertz CT molecular complexity index is 978. The number of rotatable bonds is 10. The summed E-state index contributed by atoms with van der Waals surface area (Å²) in [6.07, 6.45) is 3.53. The number of carbonyl (C=O) groups excluding carboxylic acids is 1. The first kappa shape index (κ1) is 26.1. The molecule has 194 valence electrons. The van der Waals surface area contributed by atoms with E-state index in [1.165, 1.54) is 22.2 Å². The van der Waals surface area contributed by atoms with Gasteiger partial charge in [0.05, 0.1) is 5.69 Å². The van der Waals surface area contributed by atoms with Crippen molar-refractivity contribution in [2.75, 3.05) is 26.2 Å². The molecule has 1 saturated carbocycles. The number of fused-ring (bicyclic) bond motifs is 1. The van der Waals surface area contributed by atoms with Gasteiger partial charge in [0.2, 0.25) is 5.95 Å². The molecule has 4 rings (SSSR count). The number of ketones is 1. The lowest BCUT2D eigenvalue weighted by Gasteiger charge is -2.35. The first-order valence-corrected chi connectivity index (χ1v) is 13.0. The Labute approximate surface area is 206 Å². The van der Waals surface area contributed by atoms with Crippen molar-refractivity contribution < 1.29 is 27.1 Å². The highest BCUT2D eigenvalue weighted by molar-refractivity contribution is 7.13. The average Bonchev–Trinajstić information content (AvgIpc) is 3.28. The number of aryl methyl sites for hydroxylation is 1. The van der Waals surface area contributed by atoms with Crippen LogP contribution in [0.1, 0.15) is 54.7 Å². The van der Waals surface area contributed by atoms with Crippen LogP contribution in [0.2, 0.25) is 0 Å². The van der Waals surface area contributed by atoms with Crippen molar-refractivity contribution in [2.45, 2.75) is 69.9 Å². The van der Waals surface area contributed by atoms with Crippen LogP contribution in [0.25, 0.3) is 0 Å². The minimum atomic E-state index is -2.52. The van der Waals surface area contributed by atoms with Crippen LogP contribution >= 0.6 is 11.3 Å². The Morgan fingerprint density at radius 1 is 1.29 bits per heavy atom. The molecule has 0 radical (unpaired) electrons. The minimum Gasteiger partial charge on any atom is -0.464 e. The fraction of sp³-hybridized carbons (Fsp3) is 0.708. The number of aromatic nitrogens is 3. The molecule has 0 aromatic carbocycles. The van der Waals surface area contributed by atoms with Crippen molar-refractivity contribution in [2.24, 2.45) is 13.0 Å². The fourth-order valence-corrected chi connectivity index (χ4v) is 6.00. The van der Waals surface area contributed by atoms with E-state index >= 15 is 4.39 Å². The van der Waals surface area contributed by atoms with Crippen LogP contribution in [-0.2, 0) is 31.1 Å². The molecule has 2 aliphatic rings. The molecule has 1 fully saturated rings. The summed E-state index contributed by atoms with van der Waals surface area (Å²) in [6, 6.07) is 0. The van der Waals surface area contributed by atoms with Crippen LogP contribution in [0.3, 0.4) is 0 Å². The van der Waals surface area contributed by atoms with Crippen molar-refractivity contribution in [3.63, 3.8) is 0 Å². The summed E-state index contributed by atoms with van der Waals surface area (Å²) < 4.78 is 60.3. The molecule has 0 atom stereocenters. The van der Waals surface area contributed by atoms with Gasteiger partial charge in [-0.1, -0.05) is 11.3 Å². The van der Waals surface area contributed by atoms with Gasteiger partial charge in [-0.2, -0.15) is 4.39 Å². The van der Waals surface area contributed by atoms with Crippen LogP contribution in [0.15, 0.2) is 6.20 Å². The number of hydrogen-bond donors (Lipinski definition) is 0. The molecule has 0 N–H and O–H groups in total. The van der Waals surface area contributed by atoms with Gasteiger partial charge in [0.1, 0.15) is 11.5 Å². The van der Waals surface area contributed by atoms with Crippen LogP contribution in [0.5, 0.6) is 5.19 Å². The molecule has 0 amide bonds. The van der Waals surface area contributed by atoms with Gasteiger partial charge in [-0.3, -0.25) is 9.48 Å². The molecular formula is C24H32F4N4O2S.